The Morgan fingerprint density at radius 3 is 2.30 bits per heavy atom. The van der Waals surface area contributed by atoms with E-state index in [4.69, 9.17) is 19.0 Å². The third-order valence-corrected chi connectivity index (χ3v) is 7.99. The molecular weight excluding hydrogens is 596 g/mol. The van der Waals surface area contributed by atoms with Crippen molar-refractivity contribution >= 4 is 29.0 Å². The first-order valence-electron chi connectivity index (χ1n) is 17.3. The summed E-state index contributed by atoms with van der Waals surface area (Å²) < 4.78 is 19.0. The van der Waals surface area contributed by atoms with E-state index in [9.17, 15) is 9.59 Å². The molecule has 1 fully saturated rings. The summed E-state index contributed by atoms with van der Waals surface area (Å²) in [5, 5.41) is 8.12. The SMILES string of the molecule is CCCCCCCCCCCn1cc(-c2noc([C@@H]3CCCN3C(=NC(=O)OC(C)(C)C)NC(=O)OC(C)(C)C)n2)c2ccccc21. The number of hydrogen-bond donors (Lipinski definition) is 1. The summed E-state index contributed by atoms with van der Waals surface area (Å²) in [6.45, 7) is 14.3. The number of alkyl carbamates (subject to hydrolysis) is 1. The Balaban J connectivity index is 1.50. The molecule has 2 aromatic heterocycles. The Labute approximate surface area is 279 Å². The van der Waals surface area contributed by atoms with Crippen molar-refractivity contribution in [3.8, 4) is 11.4 Å². The molecule has 0 unspecified atom stereocenters. The molecule has 1 saturated heterocycles. The molecule has 3 aromatic rings. The molecule has 0 bridgehead atoms. The Kier molecular flexibility index (Phi) is 12.5. The molecule has 3 heterocycles. The van der Waals surface area contributed by atoms with Gasteiger partial charge >= 0.3 is 12.2 Å². The highest BCUT2D eigenvalue weighted by Crippen LogP contribution is 2.34. The molecule has 47 heavy (non-hydrogen) atoms. The molecule has 1 aliphatic rings. The molecule has 11 heteroatoms. The van der Waals surface area contributed by atoms with Gasteiger partial charge in [-0.05, 0) is 66.9 Å². The van der Waals surface area contributed by atoms with Gasteiger partial charge in [-0.1, -0.05) is 81.6 Å². The fourth-order valence-corrected chi connectivity index (χ4v) is 5.89. The normalized spacial score (nSPS) is 15.8. The van der Waals surface area contributed by atoms with Crippen molar-refractivity contribution in [3.05, 3.63) is 36.4 Å². The summed E-state index contributed by atoms with van der Waals surface area (Å²) in [5.74, 6) is 0.907. The number of carbonyl (C=O) groups is 2. The van der Waals surface area contributed by atoms with Crippen molar-refractivity contribution in [2.75, 3.05) is 6.54 Å². The highest BCUT2D eigenvalue weighted by Gasteiger charge is 2.35. The van der Waals surface area contributed by atoms with Crippen LogP contribution in [0, 0.1) is 0 Å². The van der Waals surface area contributed by atoms with Crippen LogP contribution in [0.1, 0.15) is 131 Å². The zero-order valence-corrected chi connectivity index (χ0v) is 29.4. The number of guanidine groups is 1. The predicted molar refractivity (Wildman–Crippen MR) is 184 cm³/mol. The number of fused-ring (bicyclic) bond motifs is 1. The van der Waals surface area contributed by atoms with Gasteiger partial charge < -0.3 is 23.5 Å². The molecule has 258 valence electrons. The highest BCUT2D eigenvalue weighted by atomic mass is 16.6. The van der Waals surface area contributed by atoms with Gasteiger partial charge in [-0.15, -0.1) is 4.99 Å². The van der Waals surface area contributed by atoms with Crippen LogP contribution in [-0.2, 0) is 16.0 Å². The van der Waals surface area contributed by atoms with E-state index in [2.05, 4.69) is 51.4 Å². The van der Waals surface area contributed by atoms with Crippen LogP contribution in [0.2, 0.25) is 0 Å². The number of para-hydroxylation sites is 1. The molecule has 0 spiro atoms. The van der Waals surface area contributed by atoms with Crippen LogP contribution in [-0.4, -0.2) is 55.5 Å². The van der Waals surface area contributed by atoms with Gasteiger partial charge in [-0.3, -0.25) is 5.32 Å². The highest BCUT2D eigenvalue weighted by molar-refractivity contribution is 5.99. The lowest BCUT2D eigenvalue weighted by molar-refractivity contribution is 0.0553. The number of benzene rings is 1. The van der Waals surface area contributed by atoms with Crippen LogP contribution >= 0.6 is 0 Å². The van der Waals surface area contributed by atoms with E-state index in [-0.39, 0.29) is 5.96 Å². The van der Waals surface area contributed by atoms with Gasteiger partial charge in [-0.2, -0.15) is 4.98 Å². The Hall–Kier alpha value is -3.89. The minimum atomic E-state index is -0.819. The third-order valence-electron chi connectivity index (χ3n) is 7.99. The average molecular weight is 651 g/mol. The monoisotopic (exact) mass is 650 g/mol. The van der Waals surface area contributed by atoms with Crippen molar-refractivity contribution in [1.82, 2.24) is 24.9 Å². The first-order valence-corrected chi connectivity index (χ1v) is 17.3. The van der Waals surface area contributed by atoms with Crippen molar-refractivity contribution in [1.29, 1.82) is 0 Å². The Morgan fingerprint density at radius 2 is 1.62 bits per heavy atom. The lowest BCUT2D eigenvalue weighted by Crippen LogP contribution is -2.46. The summed E-state index contributed by atoms with van der Waals surface area (Å²) in [6.07, 6.45) is 13.6. The largest absolute Gasteiger partial charge is 0.444 e. The molecule has 1 aromatic carbocycles. The van der Waals surface area contributed by atoms with Crippen LogP contribution in [0.3, 0.4) is 0 Å². The number of carbonyl (C=O) groups excluding carboxylic acids is 2. The average Bonchev–Trinajstić information content (AvgIpc) is 3.73. The minimum Gasteiger partial charge on any atom is -0.444 e. The molecule has 2 amide bonds. The van der Waals surface area contributed by atoms with E-state index in [1.165, 1.54) is 51.4 Å². The van der Waals surface area contributed by atoms with Gasteiger partial charge in [0.25, 0.3) is 0 Å². The third kappa shape index (κ3) is 10.8. The van der Waals surface area contributed by atoms with Gasteiger partial charge in [0.15, 0.2) is 0 Å². The van der Waals surface area contributed by atoms with Gasteiger partial charge in [0.2, 0.25) is 17.7 Å². The summed E-state index contributed by atoms with van der Waals surface area (Å²) in [5.41, 5.74) is 0.561. The second-order valence-corrected chi connectivity index (χ2v) is 14.4. The smallest absolute Gasteiger partial charge is 0.437 e. The lowest BCUT2D eigenvalue weighted by atomic mass is 10.1. The summed E-state index contributed by atoms with van der Waals surface area (Å²) in [6, 6.07) is 7.90. The Morgan fingerprint density at radius 1 is 0.957 bits per heavy atom. The fraction of sp³-hybridized carbons (Fsp3) is 0.639. The molecule has 0 saturated carbocycles. The number of nitrogens with one attached hydrogen (secondary N) is 1. The number of likely N-dealkylation sites (tertiary alicyclic amines) is 1. The van der Waals surface area contributed by atoms with Crippen molar-refractivity contribution in [2.45, 2.75) is 143 Å². The second kappa shape index (κ2) is 16.3. The molecule has 0 aliphatic carbocycles. The lowest BCUT2D eigenvalue weighted by Gasteiger charge is -2.27. The van der Waals surface area contributed by atoms with Crippen LogP contribution < -0.4 is 5.32 Å². The molecule has 1 atom stereocenters. The molecule has 0 radical (unpaired) electrons. The van der Waals surface area contributed by atoms with Gasteiger partial charge in [0.05, 0.1) is 0 Å². The summed E-state index contributed by atoms with van der Waals surface area (Å²) >= 11 is 0. The number of aliphatic imine (C=N–C) groups is 1. The minimum absolute atomic E-state index is 0.0216. The van der Waals surface area contributed by atoms with Gasteiger partial charge in [0.1, 0.15) is 17.2 Å². The number of ether oxygens (including phenoxy) is 2. The van der Waals surface area contributed by atoms with E-state index in [1.807, 2.05) is 6.07 Å². The van der Waals surface area contributed by atoms with Crippen molar-refractivity contribution in [3.63, 3.8) is 0 Å². The van der Waals surface area contributed by atoms with E-state index in [0.29, 0.717) is 24.7 Å². The van der Waals surface area contributed by atoms with Crippen molar-refractivity contribution < 1.29 is 23.6 Å². The molecule has 11 nitrogen and oxygen atoms in total. The van der Waals surface area contributed by atoms with Crippen LogP contribution in [0.25, 0.3) is 22.3 Å². The summed E-state index contributed by atoms with van der Waals surface area (Å²) in [4.78, 5) is 36.3. The maximum Gasteiger partial charge on any atom is 0.437 e. The number of unbranched alkanes of at least 4 members (excludes halogenated alkanes) is 8. The number of rotatable bonds is 12. The summed E-state index contributed by atoms with van der Waals surface area (Å²) in [7, 11) is 0. The maximum atomic E-state index is 12.8. The van der Waals surface area contributed by atoms with Crippen LogP contribution in [0.5, 0.6) is 0 Å². The number of amides is 2. The fourth-order valence-electron chi connectivity index (χ4n) is 5.89. The molecule has 4 rings (SSSR count). The first-order chi connectivity index (χ1) is 22.3. The second-order valence-electron chi connectivity index (χ2n) is 14.4. The predicted octanol–water partition coefficient (Wildman–Crippen LogP) is 9.17. The number of aryl methyl sites for hydroxylation is 1. The van der Waals surface area contributed by atoms with Crippen LogP contribution in [0.4, 0.5) is 9.59 Å². The first kappa shape index (κ1) is 36.0. The maximum absolute atomic E-state index is 12.8. The molecular formula is C36H54N6O5. The van der Waals surface area contributed by atoms with Gasteiger partial charge in [0, 0.05) is 35.8 Å². The zero-order chi connectivity index (χ0) is 34.0. The standard InChI is InChI=1S/C36H54N6O5/c1-8-9-10-11-12-13-14-15-18-23-41-25-27(26-20-16-17-21-28(26)41)30-37-31(47-40-30)29-22-19-24-42(29)32(38-33(43)45-35(2,3)4)39-34(44)46-36(5,6)7/h16-17,20-21,25,29H,8-15,18-19,22-24H2,1-7H3,(H,38,39,43,44)/t29-/m0/s1. The number of nitrogens with zero attached hydrogens (tertiary/aromatic N) is 5. The van der Waals surface area contributed by atoms with E-state index >= 15 is 0 Å². The van der Waals surface area contributed by atoms with Gasteiger partial charge in [-0.25, -0.2) is 9.59 Å². The quantitative estimate of drug-likeness (QED) is 0.117. The number of aromatic nitrogens is 3. The Bertz CT molecular complexity index is 1500. The van der Waals surface area contributed by atoms with Crippen LogP contribution in [0.15, 0.2) is 40.0 Å². The van der Waals surface area contributed by atoms with E-state index in [0.717, 1.165) is 35.9 Å². The van der Waals surface area contributed by atoms with Crippen molar-refractivity contribution in [2.24, 2.45) is 4.99 Å². The van der Waals surface area contributed by atoms with E-state index < -0.39 is 29.4 Å². The molecule has 1 N–H and O–H groups in total. The van der Waals surface area contributed by atoms with E-state index in [1.54, 1.807) is 46.4 Å². The number of hydrogen-bond acceptors (Lipinski definition) is 7. The molecule has 1 aliphatic heterocycles. The zero-order valence-electron chi connectivity index (χ0n) is 29.4. The topological polar surface area (TPSA) is 124 Å².